The summed E-state index contributed by atoms with van der Waals surface area (Å²) in [5, 5.41) is 3.01. The van der Waals surface area contributed by atoms with Gasteiger partial charge in [0.15, 0.2) is 0 Å². The fourth-order valence-corrected chi connectivity index (χ4v) is 5.20. The molecule has 1 N–H and O–H groups in total. The van der Waals surface area contributed by atoms with Gasteiger partial charge in [-0.05, 0) is 62.5 Å². The van der Waals surface area contributed by atoms with Gasteiger partial charge in [-0.1, -0.05) is 48.4 Å². The monoisotopic (exact) mass is 489 g/mol. The van der Waals surface area contributed by atoms with Crippen molar-refractivity contribution in [2.45, 2.75) is 31.7 Å². The molecule has 0 aliphatic carbocycles. The van der Waals surface area contributed by atoms with Gasteiger partial charge in [-0.15, -0.1) is 5.92 Å². The zero-order valence-electron chi connectivity index (χ0n) is 20.8. The van der Waals surface area contributed by atoms with Crippen LogP contribution in [-0.4, -0.2) is 60.6 Å². The first-order valence-corrected chi connectivity index (χ1v) is 12.3. The summed E-state index contributed by atoms with van der Waals surface area (Å²) in [4.78, 5) is 30.0. The summed E-state index contributed by atoms with van der Waals surface area (Å²) in [6.45, 7) is 4.10. The molecule has 0 saturated carbocycles. The van der Waals surface area contributed by atoms with Crippen LogP contribution in [0, 0.1) is 23.6 Å². The van der Waals surface area contributed by atoms with Crippen LogP contribution in [0.2, 0.25) is 0 Å². The summed E-state index contributed by atoms with van der Waals surface area (Å²) >= 11 is 0. The molecule has 3 amide bonds. The minimum absolute atomic E-state index is 0.0542. The van der Waals surface area contributed by atoms with E-state index in [0.717, 1.165) is 43.8 Å². The van der Waals surface area contributed by atoms with Crippen molar-refractivity contribution in [2.24, 2.45) is 5.92 Å². The number of para-hydroxylation sites is 1. The van der Waals surface area contributed by atoms with E-state index in [9.17, 15) is 14.0 Å². The third-order valence-corrected chi connectivity index (χ3v) is 7.07. The molecule has 1 unspecified atom stereocenters. The summed E-state index contributed by atoms with van der Waals surface area (Å²) in [6.07, 6.45) is 5.93. The smallest absolute Gasteiger partial charge is 0.325 e. The summed E-state index contributed by atoms with van der Waals surface area (Å²) in [5.74, 6) is 5.72. The quantitative estimate of drug-likeness (QED) is 0.448. The van der Waals surface area contributed by atoms with Crippen molar-refractivity contribution in [3.63, 3.8) is 0 Å². The van der Waals surface area contributed by atoms with E-state index in [0.29, 0.717) is 5.56 Å². The average Bonchev–Trinajstić information content (AvgIpc) is 3.12. The number of imide groups is 1. The number of carbonyl (C=O) groups is 2. The second kappa shape index (κ2) is 11.4. The number of hydrogen-bond donors (Lipinski definition) is 1. The van der Waals surface area contributed by atoms with Crippen molar-refractivity contribution in [3.8, 4) is 17.6 Å². The molecule has 188 valence electrons. The summed E-state index contributed by atoms with van der Waals surface area (Å²) in [6, 6.07) is 13.7. The van der Waals surface area contributed by atoms with E-state index in [1.165, 1.54) is 17.0 Å². The van der Waals surface area contributed by atoms with Crippen LogP contribution < -0.4 is 10.1 Å². The van der Waals surface area contributed by atoms with E-state index in [1.54, 1.807) is 26.2 Å². The molecule has 4 rings (SSSR count). The fraction of sp³-hybridized carbons (Fsp3) is 0.379. The van der Waals surface area contributed by atoms with Gasteiger partial charge < -0.3 is 10.1 Å². The highest BCUT2D eigenvalue weighted by Gasteiger charge is 2.55. The van der Waals surface area contributed by atoms with Gasteiger partial charge in [0, 0.05) is 18.5 Å². The lowest BCUT2D eigenvalue weighted by molar-refractivity contribution is -0.133. The lowest BCUT2D eigenvalue weighted by Crippen LogP contribution is -2.57. The Morgan fingerprint density at radius 2 is 1.94 bits per heavy atom. The average molecular weight is 490 g/mol. The van der Waals surface area contributed by atoms with Crippen LogP contribution in [0.5, 0.6) is 5.75 Å². The van der Waals surface area contributed by atoms with Crippen LogP contribution in [-0.2, 0) is 11.2 Å². The van der Waals surface area contributed by atoms with Gasteiger partial charge in [0.05, 0.1) is 13.7 Å². The Balaban J connectivity index is 1.48. The predicted molar refractivity (Wildman–Crippen MR) is 138 cm³/mol. The molecule has 36 heavy (non-hydrogen) atoms. The number of halogens is 1. The fourth-order valence-electron chi connectivity index (χ4n) is 5.20. The molecule has 0 radical (unpaired) electrons. The largest absolute Gasteiger partial charge is 0.496 e. The number of urea groups is 1. The number of piperidine rings is 1. The van der Waals surface area contributed by atoms with Gasteiger partial charge in [-0.2, -0.15) is 0 Å². The Labute approximate surface area is 212 Å². The van der Waals surface area contributed by atoms with Crippen LogP contribution in [0.15, 0.2) is 54.6 Å². The third-order valence-electron chi connectivity index (χ3n) is 7.07. The third kappa shape index (κ3) is 5.44. The van der Waals surface area contributed by atoms with Gasteiger partial charge >= 0.3 is 6.03 Å². The summed E-state index contributed by atoms with van der Waals surface area (Å²) < 4.78 is 19.4. The number of nitrogens with one attached hydrogen (secondary N) is 1. The molecule has 2 heterocycles. The lowest BCUT2D eigenvalue weighted by atomic mass is 9.74. The first-order chi connectivity index (χ1) is 17.5. The normalized spacial score (nSPS) is 20.9. The van der Waals surface area contributed by atoms with Crippen molar-refractivity contribution in [3.05, 3.63) is 71.6 Å². The standard InChI is InChI=1S/C29H32FN3O3/c1-3-4-17-33-27(34)29(31-28(33)35,21-22-9-7-12-25(30)20-22)24-14-18-32(19-15-24)16-8-11-23-10-5-6-13-26(23)36-2/h5-13,20,24H,14-19,21H2,1-2H3,(H,31,35). The molecule has 2 aromatic carbocycles. The molecule has 1 atom stereocenters. The van der Waals surface area contributed by atoms with Crippen LogP contribution in [0.4, 0.5) is 9.18 Å². The van der Waals surface area contributed by atoms with Gasteiger partial charge in [-0.3, -0.25) is 14.6 Å². The molecule has 2 saturated heterocycles. The van der Waals surface area contributed by atoms with E-state index < -0.39 is 11.6 Å². The number of ether oxygens (including phenoxy) is 1. The molecule has 2 aromatic rings. The first-order valence-electron chi connectivity index (χ1n) is 12.3. The highest BCUT2D eigenvalue weighted by molar-refractivity contribution is 6.07. The van der Waals surface area contributed by atoms with E-state index in [2.05, 4.69) is 34.2 Å². The highest BCUT2D eigenvalue weighted by atomic mass is 19.1. The van der Waals surface area contributed by atoms with Crippen molar-refractivity contribution in [1.29, 1.82) is 0 Å². The Hall–Kier alpha value is -3.63. The van der Waals surface area contributed by atoms with Crippen LogP contribution in [0.1, 0.15) is 30.9 Å². The molecule has 2 aliphatic rings. The second-order valence-corrected chi connectivity index (χ2v) is 9.25. The summed E-state index contributed by atoms with van der Waals surface area (Å²) in [7, 11) is 1.66. The van der Waals surface area contributed by atoms with E-state index in [4.69, 9.17) is 4.74 Å². The maximum Gasteiger partial charge on any atom is 0.325 e. The first kappa shape index (κ1) is 25.5. The van der Waals surface area contributed by atoms with Crippen molar-refractivity contribution in [2.75, 3.05) is 33.3 Å². The van der Waals surface area contributed by atoms with Crippen molar-refractivity contribution in [1.82, 2.24) is 15.1 Å². The van der Waals surface area contributed by atoms with Crippen LogP contribution in [0.25, 0.3) is 6.08 Å². The molecule has 0 bridgehead atoms. The van der Waals surface area contributed by atoms with Gasteiger partial charge in [0.1, 0.15) is 17.1 Å². The molecule has 2 fully saturated rings. The van der Waals surface area contributed by atoms with Gasteiger partial charge in [0.2, 0.25) is 0 Å². The number of amides is 3. The van der Waals surface area contributed by atoms with E-state index in [-0.39, 0.29) is 30.6 Å². The molecule has 6 nitrogen and oxygen atoms in total. The SMILES string of the molecule is CC#CCN1C(=O)NC(Cc2cccc(F)c2)(C2CCN(CC=Cc3ccccc3OC)CC2)C1=O. The predicted octanol–water partition coefficient (Wildman–Crippen LogP) is 4.12. The van der Waals surface area contributed by atoms with Gasteiger partial charge in [-0.25, -0.2) is 9.18 Å². The Bertz CT molecular complexity index is 1190. The van der Waals surface area contributed by atoms with Crippen molar-refractivity contribution >= 4 is 18.0 Å². The molecule has 0 aromatic heterocycles. The summed E-state index contributed by atoms with van der Waals surface area (Å²) in [5.41, 5.74) is 0.618. The number of carbonyl (C=O) groups excluding carboxylic acids is 2. The number of methoxy groups -OCH3 is 1. The Morgan fingerprint density at radius 3 is 2.67 bits per heavy atom. The Kier molecular flexibility index (Phi) is 8.07. The van der Waals surface area contributed by atoms with E-state index >= 15 is 0 Å². The Morgan fingerprint density at radius 1 is 1.17 bits per heavy atom. The topological polar surface area (TPSA) is 61.9 Å². The zero-order chi connectivity index (χ0) is 25.5. The maximum absolute atomic E-state index is 13.9. The molecule has 0 spiro atoms. The molecular weight excluding hydrogens is 457 g/mol. The maximum atomic E-state index is 13.9. The van der Waals surface area contributed by atoms with Gasteiger partial charge in [0.25, 0.3) is 5.91 Å². The second-order valence-electron chi connectivity index (χ2n) is 9.25. The van der Waals surface area contributed by atoms with Crippen LogP contribution >= 0.6 is 0 Å². The van der Waals surface area contributed by atoms with E-state index in [1.807, 2.05) is 24.3 Å². The van der Waals surface area contributed by atoms with Crippen molar-refractivity contribution < 1.29 is 18.7 Å². The van der Waals surface area contributed by atoms with Crippen LogP contribution in [0.3, 0.4) is 0 Å². The number of likely N-dealkylation sites (tertiary alicyclic amines) is 1. The number of benzene rings is 2. The molecule has 7 heteroatoms. The molecule has 2 aliphatic heterocycles. The zero-order valence-corrected chi connectivity index (χ0v) is 20.8. The number of rotatable bonds is 8. The lowest BCUT2D eigenvalue weighted by Gasteiger charge is -2.40. The minimum Gasteiger partial charge on any atom is -0.496 e. The number of nitrogens with zero attached hydrogens (tertiary/aromatic N) is 2. The number of hydrogen-bond acceptors (Lipinski definition) is 4. The minimum atomic E-state index is -1.10. The molecular formula is C29H32FN3O3. The highest BCUT2D eigenvalue weighted by Crippen LogP contribution is 2.36.